The lowest BCUT2D eigenvalue weighted by Gasteiger charge is -2.31. The molecule has 5 heterocycles. The van der Waals surface area contributed by atoms with E-state index in [1.54, 1.807) is 0 Å². The molecule has 4 atom stereocenters. The van der Waals surface area contributed by atoms with E-state index in [1.165, 1.54) is 12.1 Å². The van der Waals surface area contributed by atoms with Gasteiger partial charge in [0.1, 0.15) is 47.6 Å². The van der Waals surface area contributed by atoms with E-state index >= 15 is 4.39 Å². The third-order valence-corrected chi connectivity index (χ3v) is 11.5. The molecule has 3 unspecified atom stereocenters. The molecule has 4 N–H and O–H groups in total. The Hall–Kier alpha value is -3.57. The number of aromatic nitrogens is 2. The van der Waals surface area contributed by atoms with Gasteiger partial charge in [-0.3, -0.25) is 4.90 Å². The second kappa shape index (κ2) is 11.0. The fraction of sp³-hybridized carbons (Fsp3) is 0.469. The minimum Gasteiger partial charge on any atom is -0.489 e. The van der Waals surface area contributed by atoms with Gasteiger partial charge in [-0.1, -0.05) is 17.7 Å². The van der Waals surface area contributed by atoms with Crippen LogP contribution in [0.2, 0.25) is 5.02 Å². The lowest BCUT2D eigenvalue weighted by atomic mass is 9.95. The molecule has 2 aromatic carbocycles. The zero-order valence-corrected chi connectivity index (χ0v) is 26.4. The third-order valence-electron chi connectivity index (χ3n) is 10.1. The number of nitrogens with two attached hydrogens (primary N) is 2. The summed E-state index contributed by atoms with van der Waals surface area (Å²) in [6, 6.07) is 4.64. The number of fused-ring (bicyclic) bond motifs is 2. The van der Waals surface area contributed by atoms with Gasteiger partial charge in [-0.15, -0.1) is 11.3 Å². The molecular formula is C32H31ClF3N7O2S. The lowest BCUT2D eigenvalue weighted by Crippen LogP contribution is -2.43. The van der Waals surface area contributed by atoms with Crippen LogP contribution >= 0.6 is 22.9 Å². The summed E-state index contributed by atoms with van der Waals surface area (Å²) in [6.07, 6.45) is 3.55. The normalized spacial score (nSPS) is 26.0. The SMILES string of the molecule is N#Cc1c(N)sc2c(F)ccc(-c3c(Cl)c4c5c(nc(OCC67CCCN6C[C@H](F)C7)nc5c3F)N(C3CCC(N)C3)CCO4)c12. The molecule has 14 heteroatoms. The molecule has 46 heavy (non-hydrogen) atoms. The van der Waals surface area contributed by atoms with E-state index in [2.05, 4.69) is 14.8 Å². The number of thiophene rings is 1. The summed E-state index contributed by atoms with van der Waals surface area (Å²) in [5.74, 6) is -0.763. The highest BCUT2D eigenvalue weighted by atomic mass is 35.5. The van der Waals surface area contributed by atoms with Gasteiger partial charge < -0.3 is 25.8 Å². The summed E-state index contributed by atoms with van der Waals surface area (Å²) >= 11 is 7.92. The first-order valence-corrected chi connectivity index (χ1v) is 16.7. The lowest BCUT2D eigenvalue weighted by molar-refractivity contribution is 0.107. The third kappa shape index (κ3) is 4.48. The van der Waals surface area contributed by atoms with Crippen LogP contribution in [0, 0.1) is 23.0 Å². The van der Waals surface area contributed by atoms with Crippen LogP contribution in [0.3, 0.4) is 0 Å². The molecule has 9 nitrogen and oxygen atoms in total. The van der Waals surface area contributed by atoms with Crippen molar-refractivity contribution in [1.82, 2.24) is 14.9 Å². The topological polar surface area (TPSA) is 127 Å². The summed E-state index contributed by atoms with van der Waals surface area (Å²) in [6.45, 7) is 1.99. The Kier molecular flexibility index (Phi) is 7.13. The number of benzene rings is 2. The van der Waals surface area contributed by atoms with Gasteiger partial charge in [0, 0.05) is 36.0 Å². The number of halogens is 4. The summed E-state index contributed by atoms with van der Waals surface area (Å²) in [5.41, 5.74) is 12.0. The van der Waals surface area contributed by atoms with E-state index in [-0.39, 0.29) is 79.4 Å². The molecule has 0 bridgehead atoms. The van der Waals surface area contributed by atoms with Crippen molar-refractivity contribution in [3.63, 3.8) is 0 Å². The van der Waals surface area contributed by atoms with Gasteiger partial charge in [0.25, 0.3) is 0 Å². The molecule has 3 fully saturated rings. The van der Waals surface area contributed by atoms with Crippen molar-refractivity contribution >= 4 is 54.7 Å². The Balaban J connectivity index is 1.34. The van der Waals surface area contributed by atoms with Crippen LogP contribution in [0.4, 0.5) is 24.0 Å². The molecule has 3 aliphatic heterocycles. The molecule has 1 saturated carbocycles. The monoisotopic (exact) mass is 669 g/mol. The molecule has 0 amide bonds. The number of ether oxygens (including phenoxy) is 2. The molecule has 8 rings (SSSR count). The van der Waals surface area contributed by atoms with Crippen molar-refractivity contribution in [3.05, 3.63) is 34.4 Å². The average Bonchev–Trinajstić information content (AvgIpc) is 3.76. The molecular weight excluding hydrogens is 639 g/mol. The second-order valence-electron chi connectivity index (χ2n) is 12.8. The number of hydrogen-bond acceptors (Lipinski definition) is 10. The van der Waals surface area contributed by atoms with E-state index < -0.39 is 23.3 Å². The number of alkyl halides is 1. The van der Waals surface area contributed by atoms with Crippen molar-refractivity contribution in [3.8, 4) is 29.0 Å². The summed E-state index contributed by atoms with van der Waals surface area (Å²) < 4.78 is 59.2. The van der Waals surface area contributed by atoms with E-state index in [0.29, 0.717) is 30.7 Å². The Labute approximate surface area is 271 Å². The van der Waals surface area contributed by atoms with Crippen molar-refractivity contribution in [2.45, 2.75) is 62.3 Å². The Morgan fingerprint density at radius 3 is 2.85 bits per heavy atom. The van der Waals surface area contributed by atoms with Crippen molar-refractivity contribution in [2.24, 2.45) is 5.73 Å². The zero-order valence-electron chi connectivity index (χ0n) is 24.8. The number of anilines is 2. The molecule has 2 aromatic heterocycles. The summed E-state index contributed by atoms with van der Waals surface area (Å²) in [4.78, 5) is 13.6. The first-order chi connectivity index (χ1) is 22.2. The van der Waals surface area contributed by atoms with Crippen LogP contribution in [0.25, 0.3) is 32.1 Å². The first-order valence-electron chi connectivity index (χ1n) is 15.5. The minimum absolute atomic E-state index is 0.0288. The zero-order chi connectivity index (χ0) is 31.9. The Morgan fingerprint density at radius 2 is 2.07 bits per heavy atom. The summed E-state index contributed by atoms with van der Waals surface area (Å²) in [7, 11) is 0. The number of hydrogen-bond donors (Lipinski definition) is 2. The molecule has 0 radical (unpaired) electrons. The van der Waals surface area contributed by atoms with Crippen LogP contribution in [-0.2, 0) is 0 Å². The maximum atomic E-state index is 17.1. The Morgan fingerprint density at radius 1 is 1.22 bits per heavy atom. The fourth-order valence-corrected chi connectivity index (χ4v) is 9.30. The van der Waals surface area contributed by atoms with Crippen molar-refractivity contribution in [2.75, 3.05) is 43.5 Å². The predicted octanol–water partition coefficient (Wildman–Crippen LogP) is 5.93. The molecule has 4 aromatic rings. The van der Waals surface area contributed by atoms with Gasteiger partial charge >= 0.3 is 6.01 Å². The van der Waals surface area contributed by atoms with Gasteiger partial charge in [-0.2, -0.15) is 15.2 Å². The van der Waals surface area contributed by atoms with Crippen LogP contribution in [0.15, 0.2) is 12.1 Å². The highest BCUT2D eigenvalue weighted by Crippen LogP contribution is 2.51. The largest absolute Gasteiger partial charge is 0.489 e. The van der Waals surface area contributed by atoms with Crippen molar-refractivity contribution < 1.29 is 22.6 Å². The smallest absolute Gasteiger partial charge is 0.319 e. The standard InChI is InChI=1S/C32H31ClF3N7O2S/c33-24-22(18-4-5-20(35)28-21(18)19(12-37)29(39)46-28)25(36)26-23-27(24)44-9-8-43(17-3-2-16(38)10-17)30(23)41-31(40-26)45-14-32-6-1-7-42(32)13-15(34)11-32/h4-5,15-17H,1-3,6-11,13-14,38-39H2/t15-,16?,17?,32?/m1/s1. The van der Waals surface area contributed by atoms with Gasteiger partial charge in [0.05, 0.1) is 32.8 Å². The quantitative estimate of drug-likeness (QED) is 0.266. The molecule has 0 spiro atoms. The van der Waals surface area contributed by atoms with Gasteiger partial charge in [0.15, 0.2) is 11.6 Å². The highest BCUT2D eigenvalue weighted by Gasteiger charge is 2.49. The number of nitriles is 1. The minimum atomic E-state index is -0.938. The fourth-order valence-electron chi connectivity index (χ4n) is 8.02. The van der Waals surface area contributed by atoms with Crippen LogP contribution in [0.5, 0.6) is 11.8 Å². The van der Waals surface area contributed by atoms with Gasteiger partial charge in [-0.25, -0.2) is 13.2 Å². The molecule has 240 valence electrons. The summed E-state index contributed by atoms with van der Waals surface area (Å²) in [5, 5.41) is 10.4. The average molecular weight is 670 g/mol. The van der Waals surface area contributed by atoms with Crippen LogP contribution in [-0.4, -0.2) is 71.5 Å². The second-order valence-corrected chi connectivity index (χ2v) is 14.2. The maximum Gasteiger partial charge on any atom is 0.319 e. The van der Waals surface area contributed by atoms with Crippen molar-refractivity contribution in [1.29, 1.82) is 5.26 Å². The van der Waals surface area contributed by atoms with E-state index in [9.17, 15) is 14.0 Å². The van der Waals surface area contributed by atoms with Crippen LogP contribution in [0.1, 0.15) is 44.1 Å². The number of nitrogen functional groups attached to an aromatic ring is 1. The number of nitrogens with zero attached hydrogens (tertiary/aromatic N) is 5. The van der Waals surface area contributed by atoms with Gasteiger partial charge in [0.2, 0.25) is 0 Å². The molecule has 1 aliphatic carbocycles. The Bertz CT molecular complexity index is 1950. The number of rotatable bonds is 5. The maximum absolute atomic E-state index is 17.1. The van der Waals surface area contributed by atoms with E-state index in [4.69, 9.17) is 37.5 Å². The van der Waals surface area contributed by atoms with Gasteiger partial charge in [-0.05, 0) is 50.3 Å². The molecule has 2 saturated heterocycles. The van der Waals surface area contributed by atoms with E-state index in [0.717, 1.165) is 50.0 Å². The van der Waals surface area contributed by atoms with Crippen LogP contribution < -0.4 is 25.8 Å². The first kappa shape index (κ1) is 29.8. The van der Waals surface area contributed by atoms with E-state index in [1.807, 2.05) is 6.07 Å². The highest BCUT2D eigenvalue weighted by molar-refractivity contribution is 7.23. The molecule has 4 aliphatic rings. The predicted molar refractivity (Wildman–Crippen MR) is 171 cm³/mol.